The molecule has 3 heteroatoms. The zero-order valence-electron chi connectivity index (χ0n) is 11.8. The van der Waals surface area contributed by atoms with E-state index in [1.165, 1.54) is 35.9 Å². The van der Waals surface area contributed by atoms with Crippen molar-refractivity contribution in [1.29, 1.82) is 0 Å². The molecule has 2 aliphatic carbocycles. The van der Waals surface area contributed by atoms with Crippen LogP contribution in [0.25, 0.3) is 10.1 Å². The summed E-state index contributed by atoms with van der Waals surface area (Å²) in [5.41, 5.74) is 3.05. The number of rotatable bonds is 1. The van der Waals surface area contributed by atoms with Gasteiger partial charge < -0.3 is 0 Å². The van der Waals surface area contributed by atoms with E-state index in [9.17, 15) is 4.39 Å². The maximum Gasteiger partial charge on any atom is 0.124 e. The highest BCUT2D eigenvalue weighted by molar-refractivity contribution is 7.17. The van der Waals surface area contributed by atoms with Gasteiger partial charge in [0.2, 0.25) is 0 Å². The Hall–Kier alpha value is -1.22. The Bertz CT molecular complexity index is 717. The molecule has 0 amide bonds. The molecule has 2 aromatic rings. The molecule has 1 aromatic carbocycles. The van der Waals surface area contributed by atoms with Crippen LogP contribution in [-0.2, 0) is 0 Å². The van der Waals surface area contributed by atoms with Gasteiger partial charge in [-0.25, -0.2) is 4.39 Å². The van der Waals surface area contributed by atoms with E-state index in [1.54, 1.807) is 23.5 Å². The second kappa shape index (κ2) is 4.14. The summed E-state index contributed by atoms with van der Waals surface area (Å²) in [7, 11) is 1.93. The normalized spacial score (nSPS) is 34.5. The van der Waals surface area contributed by atoms with Crippen molar-refractivity contribution in [2.75, 3.05) is 7.05 Å². The molecule has 0 aliphatic heterocycles. The van der Waals surface area contributed by atoms with Crippen molar-refractivity contribution in [1.82, 2.24) is 0 Å². The van der Waals surface area contributed by atoms with Gasteiger partial charge in [-0.1, -0.05) is 13.0 Å². The van der Waals surface area contributed by atoms with Gasteiger partial charge in [0.05, 0.1) is 0 Å². The number of aliphatic imine (C=N–C) groups is 1. The summed E-state index contributed by atoms with van der Waals surface area (Å²) in [5.74, 6) is 1.04. The first-order valence-electron chi connectivity index (χ1n) is 7.26. The number of hydrogen-bond donors (Lipinski definition) is 0. The monoisotopic (exact) mass is 287 g/mol. The molecular formula is C17H18FNS. The Labute approximate surface area is 122 Å². The Morgan fingerprint density at radius 1 is 1.40 bits per heavy atom. The minimum atomic E-state index is -0.143. The van der Waals surface area contributed by atoms with E-state index in [2.05, 4.69) is 17.3 Å². The predicted molar refractivity (Wildman–Crippen MR) is 83.3 cm³/mol. The lowest BCUT2D eigenvalue weighted by atomic mass is 9.76. The second-order valence-corrected chi connectivity index (χ2v) is 7.39. The predicted octanol–water partition coefficient (Wildman–Crippen LogP) is 5.01. The third-order valence-electron chi connectivity index (χ3n) is 5.31. The van der Waals surface area contributed by atoms with Crippen molar-refractivity contribution in [3.05, 3.63) is 35.0 Å². The molecule has 104 valence electrons. The molecule has 2 aliphatic rings. The molecule has 1 nitrogen and oxygen atoms in total. The van der Waals surface area contributed by atoms with Crippen LogP contribution >= 0.6 is 11.3 Å². The fourth-order valence-electron chi connectivity index (χ4n) is 4.48. The van der Waals surface area contributed by atoms with Gasteiger partial charge >= 0.3 is 0 Å². The zero-order valence-corrected chi connectivity index (χ0v) is 12.6. The van der Waals surface area contributed by atoms with Crippen LogP contribution in [0.15, 0.2) is 28.6 Å². The molecule has 0 radical (unpaired) electrons. The summed E-state index contributed by atoms with van der Waals surface area (Å²) in [5, 5.41) is 3.45. The van der Waals surface area contributed by atoms with Crippen molar-refractivity contribution in [3.63, 3.8) is 0 Å². The number of thiophene rings is 1. The van der Waals surface area contributed by atoms with E-state index in [1.807, 2.05) is 13.1 Å². The topological polar surface area (TPSA) is 12.4 Å². The Morgan fingerprint density at radius 2 is 2.25 bits per heavy atom. The van der Waals surface area contributed by atoms with Gasteiger partial charge in [0.25, 0.3) is 0 Å². The third-order valence-corrected chi connectivity index (χ3v) is 6.27. The molecule has 3 atom stereocenters. The Morgan fingerprint density at radius 3 is 3.05 bits per heavy atom. The minimum absolute atomic E-state index is 0.143. The molecule has 0 saturated heterocycles. The van der Waals surface area contributed by atoms with Crippen LogP contribution in [0.5, 0.6) is 0 Å². The maximum atomic E-state index is 13.4. The molecule has 1 aromatic heterocycles. The van der Waals surface area contributed by atoms with E-state index in [0.717, 1.165) is 10.6 Å². The standard InChI is InChI=1S/C17H18FNS/c1-17-6-5-10(8-17)15(16(17)19-2)13-9-20-14-7-11(18)3-4-12(13)14/h3-4,7,9-10,15H,5-6,8H2,1-2H3/t10-,15?,17+/m0/s1. The highest BCUT2D eigenvalue weighted by atomic mass is 32.1. The van der Waals surface area contributed by atoms with Crippen molar-refractivity contribution in [2.45, 2.75) is 32.1 Å². The summed E-state index contributed by atoms with van der Waals surface area (Å²) < 4.78 is 14.4. The molecule has 4 rings (SSSR count). The molecule has 0 spiro atoms. The van der Waals surface area contributed by atoms with Crippen LogP contribution < -0.4 is 0 Å². The van der Waals surface area contributed by atoms with Gasteiger partial charge in [-0.15, -0.1) is 11.3 Å². The number of benzene rings is 1. The maximum absolute atomic E-state index is 13.4. The molecule has 1 unspecified atom stereocenters. The van der Waals surface area contributed by atoms with Crippen molar-refractivity contribution < 1.29 is 4.39 Å². The van der Waals surface area contributed by atoms with Crippen LogP contribution in [0.4, 0.5) is 4.39 Å². The highest BCUT2D eigenvalue weighted by Crippen LogP contribution is 2.59. The fraction of sp³-hybridized carbons (Fsp3) is 0.471. The van der Waals surface area contributed by atoms with Gasteiger partial charge in [-0.3, -0.25) is 4.99 Å². The molecule has 2 saturated carbocycles. The van der Waals surface area contributed by atoms with Crippen LogP contribution in [0.3, 0.4) is 0 Å². The summed E-state index contributed by atoms with van der Waals surface area (Å²) in [6.45, 7) is 2.36. The quantitative estimate of drug-likeness (QED) is 0.698. The number of fused-ring (bicyclic) bond motifs is 3. The lowest BCUT2D eigenvalue weighted by Gasteiger charge is -2.29. The van der Waals surface area contributed by atoms with Gasteiger partial charge in [0.15, 0.2) is 0 Å². The highest BCUT2D eigenvalue weighted by Gasteiger charge is 2.53. The summed E-state index contributed by atoms with van der Waals surface area (Å²) in [6, 6.07) is 5.18. The molecule has 1 heterocycles. The average Bonchev–Trinajstić information content (AvgIpc) is 3.06. The summed E-state index contributed by atoms with van der Waals surface area (Å²) >= 11 is 1.66. The first kappa shape index (κ1) is 12.5. The van der Waals surface area contributed by atoms with Crippen LogP contribution in [0.1, 0.15) is 37.7 Å². The van der Waals surface area contributed by atoms with Crippen LogP contribution in [0.2, 0.25) is 0 Å². The van der Waals surface area contributed by atoms with Crippen molar-refractivity contribution >= 4 is 27.1 Å². The van der Waals surface area contributed by atoms with E-state index >= 15 is 0 Å². The van der Waals surface area contributed by atoms with Crippen LogP contribution in [0, 0.1) is 17.2 Å². The van der Waals surface area contributed by atoms with Crippen molar-refractivity contribution in [3.8, 4) is 0 Å². The number of nitrogens with zero attached hydrogens (tertiary/aromatic N) is 1. The first-order chi connectivity index (χ1) is 9.62. The second-order valence-electron chi connectivity index (χ2n) is 6.48. The van der Waals surface area contributed by atoms with Gasteiger partial charge in [0, 0.05) is 28.8 Å². The number of halogens is 1. The SMILES string of the molecule is CN=C1C(c2csc3cc(F)ccc23)[C@H]2CC[C@]1(C)C2. The Balaban J connectivity index is 1.88. The first-order valence-corrected chi connectivity index (χ1v) is 8.14. The summed E-state index contributed by atoms with van der Waals surface area (Å²) in [4.78, 5) is 4.65. The van der Waals surface area contributed by atoms with Gasteiger partial charge in [-0.2, -0.15) is 0 Å². The number of hydrogen-bond acceptors (Lipinski definition) is 2. The lowest BCUT2D eigenvalue weighted by molar-refractivity contribution is 0.497. The fourth-order valence-corrected chi connectivity index (χ4v) is 5.50. The zero-order chi connectivity index (χ0) is 13.9. The molecule has 0 N–H and O–H groups in total. The smallest absolute Gasteiger partial charge is 0.124 e. The minimum Gasteiger partial charge on any atom is -0.296 e. The molecule has 2 bridgehead atoms. The van der Waals surface area contributed by atoms with E-state index in [4.69, 9.17) is 0 Å². The average molecular weight is 287 g/mol. The molecular weight excluding hydrogens is 269 g/mol. The third kappa shape index (κ3) is 1.56. The lowest BCUT2D eigenvalue weighted by Crippen LogP contribution is -2.27. The summed E-state index contributed by atoms with van der Waals surface area (Å²) in [6.07, 6.45) is 3.85. The molecule has 2 fully saturated rings. The van der Waals surface area contributed by atoms with Gasteiger partial charge in [0.1, 0.15) is 5.82 Å². The van der Waals surface area contributed by atoms with E-state index in [-0.39, 0.29) is 5.82 Å². The Kier molecular flexibility index (Phi) is 2.59. The van der Waals surface area contributed by atoms with Crippen molar-refractivity contribution in [2.24, 2.45) is 16.3 Å². The molecule has 20 heavy (non-hydrogen) atoms. The largest absolute Gasteiger partial charge is 0.296 e. The van der Waals surface area contributed by atoms with E-state index < -0.39 is 0 Å². The van der Waals surface area contributed by atoms with E-state index in [0.29, 0.717) is 11.3 Å². The van der Waals surface area contributed by atoms with Crippen LogP contribution in [-0.4, -0.2) is 12.8 Å². The van der Waals surface area contributed by atoms with Gasteiger partial charge in [-0.05, 0) is 53.6 Å².